The highest BCUT2D eigenvalue weighted by Gasteiger charge is 2.41. The molecule has 2 saturated carbocycles. The first-order valence-electron chi connectivity index (χ1n) is 8.31. The highest BCUT2D eigenvalue weighted by Crippen LogP contribution is 2.45. The molecule has 2 atom stereocenters. The second-order valence-corrected chi connectivity index (χ2v) is 7.63. The zero-order valence-electron chi connectivity index (χ0n) is 13.7. The minimum Gasteiger partial charge on any atom is -0.476 e. The summed E-state index contributed by atoms with van der Waals surface area (Å²) in [6.45, 7) is 4.37. The van der Waals surface area contributed by atoms with Gasteiger partial charge in [0.15, 0.2) is 5.69 Å². The third kappa shape index (κ3) is 3.38. The Balaban J connectivity index is 1.66. The molecule has 2 aliphatic rings. The lowest BCUT2D eigenvalue weighted by atomic mass is 9.64. The van der Waals surface area contributed by atoms with Crippen LogP contribution in [0.2, 0.25) is 0 Å². The van der Waals surface area contributed by atoms with Crippen molar-refractivity contribution in [1.29, 1.82) is 0 Å². The molecule has 0 unspecified atom stereocenters. The molecule has 3 rings (SSSR count). The molecule has 0 bridgehead atoms. The molecule has 0 saturated heterocycles. The zero-order valence-corrected chi connectivity index (χ0v) is 13.7. The molecule has 0 radical (unpaired) electrons. The predicted octanol–water partition coefficient (Wildman–Crippen LogP) is 2.01. The number of hydrogen-bond donors (Lipinski definition) is 2. The van der Waals surface area contributed by atoms with Crippen LogP contribution in [0.4, 0.5) is 0 Å². The predicted molar refractivity (Wildman–Crippen MR) is 82.9 cm³/mol. The SMILES string of the molecule is CC1(C)CC(C(=O)N[C@@H]2CCCC[C@@H]2n2cc(C(=O)O)nn2)C1. The van der Waals surface area contributed by atoms with Crippen LogP contribution >= 0.6 is 0 Å². The van der Waals surface area contributed by atoms with Gasteiger partial charge in [0, 0.05) is 5.92 Å². The fraction of sp³-hybridized carbons (Fsp3) is 0.750. The Kier molecular flexibility index (Phi) is 4.12. The molecule has 2 N–H and O–H groups in total. The summed E-state index contributed by atoms with van der Waals surface area (Å²) in [5, 5.41) is 19.8. The normalized spacial score (nSPS) is 27.2. The maximum Gasteiger partial charge on any atom is 0.358 e. The van der Waals surface area contributed by atoms with E-state index >= 15 is 0 Å². The number of carboxylic acid groups (broad SMARTS) is 1. The van der Waals surface area contributed by atoms with Gasteiger partial charge in [-0.25, -0.2) is 9.48 Å². The number of hydrogen-bond acceptors (Lipinski definition) is 4. The molecule has 7 nitrogen and oxygen atoms in total. The van der Waals surface area contributed by atoms with Crippen LogP contribution in [0.5, 0.6) is 0 Å². The number of aromatic nitrogens is 3. The van der Waals surface area contributed by atoms with Gasteiger partial charge < -0.3 is 10.4 Å². The summed E-state index contributed by atoms with van der Waals surface area (Å²) in [6, 6.07) is -0.00954. The molecule has 126 valence electrons. The van der Waals surface area contributed by atoms with E-state index in [1.165, 1.54) is 6.20 Å². The standard InChI is InChI=1S/C16H24N4O3/c1-16(2)7-10(8-16)14(21)17-11-5-3-4-6-13(11)20-9-12(15(22)23)18-19-20/h9-11,13H,3-8H2,1-2H3,(H,17,21)(H,22,23)/t11-,13+/m1/s1. The van der Waals surface area contributed by atoms with Crippen molar-refractivity contribution in [1.82, 2.24) is 20.3 Å². The van der Waals surface area contributed by atoms with Crippen molar-refractivity contribution in [3.63, 3.8) is 0 Å². The molecule has 23 heavy (non-hydrogen) atoms. The van der Waals surface area contributed by atoms with E-state index in [0.717, 1.165) is 38.5 Å². The van der Waals surface area contributed by atoms with E-state index in [9.17, 15) is 9.59 Å². The Bertz CT molecular complexity index is 602. The van der Waals surface area contributed by atoms with Crippen molar-refractivity contribution >= 4 is 11.9 Å². The highest BCUT2D eigenvalue weighted by molar-refractivity contribution is 5.84. The maximum atomic E-state index is 12.4. The third-order valence-corrected chi connectivity index (χ3v) is 5.10. The van der Waals surface area contributed by atoms with Gasteiger partial charge in [-0.15, -0.1) is 5.10 Å². The van der Waals surface area contributed by atoms with Gasteiger partial charge in [-0.2, -0.15) is 0 Å². The van der Waals surface area contributed by atoms with Crippen molar-refractivity contribution in [3.8, 4) is 0 Å². The average molecular weight is 320 g/mol. The van der Waals surface area contributed by atoms with Crippen molar-refractivity contribution in [3.05, 3.63) is 11.9 Å². The number of aromatic carboxylic acids is 1. The van der Waals surface area contributed by atoms with Gasteiger partial charge in [-0.05, 0) is 31.1 Å². The van der Waals surface area contributed by atoms with Crippen molar-refractivity contribution in [2.24, 2.45) is 11.3 Å². The van der Waals surface area contributed by atoms with Gasteiger partial charge in [-0.3, -0.25) is 4.79 Å². The Morgan fingerprint density at radius 2 is 2.00 bits per heavy atom. The summed E-state index contributed by atoms with van der Waals surface area (Å²) in [5.74, 6) is -0.845. The first kappa shape index (κ1) is 16.0. The van der Waals surface area contributed by atoms with Crippen LogP contribution in [-0.2, 0) is 4.79 Å². The smallest absolute Gasteiger partial charge is 0.358 e. The summed E-state index contributed by atoms with van der Waals surface area (Å²) in [5.41, 5.74) is 0.220. The first-order valence-corrected chi connectivity index (χ1v) is 8.31. The number of nitrogens with zero attached hydrogens (tertiary/aromatic N) is 3. The van der Waals surface area contributed by atoms with Gasteiger partial charge in [0.25, 0.3) is 0 Å². The molecule has 0 spiro atoms. The molecule has 2 aliphatic carbocycles. The maximum absolute atomic E-state index is 12.4. The Morgan fingerprint density at radius 3 is 2.61 bits per heavy atom. The number of rotatable bonds is 4. The van der Waals surface area contributed by atoms with Crippen molar-refractivity contribution in [2.45, 2.75) is 64.5 Å². The first-order chi connectivity index (χ1) is 10.9. The van der Waals surface area contributed by atoms with Crippen LogP contribution < -0.4 is 5.32 Å². The number of nitrogens with one attached hydrogen (secondary N) is 1. The molecule has 0 aliphatic heterocycles. The number of carbonyl (C=O) groups is 2. The quantitative estimate of drug-likeness (QED) is 0.884. The third-order valence-electron chi connectivity index (χ3n) is 5.10. The van der Waals surface area contributed by atoms with E-state index in [1.54, 1.807) is 4.68 Å². The number of carboxylic acids is 1. The van der Waals surface area contributed by atoms with Gasteiger partial charge in [0.05, 0.1) is 18.3 Å². The molecular formula is C16H24N4O3. The lowest BCUT2D eigenvalue weighted by molar-refractivity contribution is -0.132. The van der Waals surface area contributed by atoms with E-state index < -0.39 is 5.97 Å². The molecule has 1 amide bonds. The van der Waals surface area contributed by atoms with Crippen LogP contribution in [-0.4, -0.2) is 38.0 Å². The largest absolute Gasteiger partial charge is 0.476 e. The van der Waals surface area contributed by atoms with Gasteiger partial charge in [-0.1, -0.05) is 31.9 Å². The Labute approximate surface area is 135 Å². The second-order valence-electron chi connectivity index (χ2n) is 7.63. The van der Waals surface area contributed by atoms with Gasteiger partial charge in [0.2, 0.25) is 5.91 Å². The van der Waals surface area contributed by atoms with E-state index in [-0.39, 0.29) is 35.0 Å². The van der Waals surface area contributed by atoms with Crippen LogP contribution in [0, 0.1) is 11.3 Å². The summed E-state index contributed by atoms with van der Waals surface area (Å²) in [6.07, 6.45) is 7.22. The minimum absolute atomic E-state index is 0.00306. The van der Waals surface area contributed by atoms with E-state index in [0.29, 0.717) is 0 Å². The van der Waals surface area contributed by atoms with Gasteiger partial charge >= 0.3 is 5.97 Å². The summed E-state index contributed by atoms with van der Waals surface area (Å²) >= 11 is 0. The molecule has 7 heteroatoms. The Hall–Kier alpha value is -1.92. The number of amides is 1. The van der Waals surface area contributed by atoms with Crippen LogP contribution in [0.25, 0.3) is 0 Å². The second kappa shape index (κ2) is 5.94. The summed E-state index contributed by atoms with van der Waals surface area (Å²) in [7, 11) is 0. The molecular weight excluding hydrogens is 296 g/mol. The van der Waals surface area contributed by atoms with Crippen LogP contribution in [0.15, 0.2) is 6.20 Å². The highest BCUT2D eigenvalue weighted by atomic mass is 16.4. The van der Waals surface area contributed by atoms with Gasteiger partial charge in [0.1, 0.15) is 0 Å². The lowest BCUT2D eigenvalue weighted by Gasteiger charge is -2.42. The van der Waals surface area contributed by atoms with Crippen molar-refractivity contribution < 1.29 is 14.7 Å². The fourth-order valence-corrected chi connectivity index (χ4v) is 3.89. The van der Waals surface area contributed by atoms with E-state index in [4.69, 9.17) is 5.11 Å². The molecule has 1 aromatic rings. The average Bonchev–Trinajstić information content (AvgIpc) is 2.95. The van der Waals surface area contributed by atoms with Crippen molar-refractivity contribution in [2.75, 3.05) is 0 Å². The molecule has 1 aromatic heterocycles. The fourth-order valence-electron chi connectivity index (χ4n) is 3.89. The van der Waals surface area contributed by atoms with E-state index in [1.807, 2.05) is 0 Å². The molecule has 2 fully saturated rings. The minimum atomic E-state index is -1.08. The number of carbonyl (C=O) groups excluding carboxylic acids is 1. The molecule has 1 heterocycles. The summed E-state index contributed by atoms with van der Waals surface area (Å²) < 4.78 is 1.61. The molecule has 0 aromatic carbocycles. The monoisotopic (exact) mass is 320 g/mol. The lowest BCUT2D eigenvalue weighted by Crippen LogP contribution is -2.49. The van der Waals surface area contributed by atoms with Crippen LogP contribution in [0.1, 0.15) is 68.9 Å². The summed E-state index contributed by atoms with van der Waals surface area (Å²) in [4.78, 5) is 23.4. The zero-order chi connectivity index (χ0) is 16.6. The topological polar surface area (TPSA) is 97.1 Å². The Morgan fingerprint density at radius 1 is 1.30 bits per heavy atom. The van der Waals surface area contributed by atoms with E-state index in [2.05, 4.69) is 29.5 Å². The van der Waals surface area contributed by atoms with Crippen LogP contribution in [0.3, 0.4) is 0 Å².